The maximum Gasteiger partial charge on any atom is 0.133 e. The summed E-state index contributed by atoms with van der Waals surface area (Å²) in [5.41, 5.74) is 0. The van der Waals surface area contributed by atoms with Gasteiger partial charge in [0.15, 0.2) is 0 Å². The second-order valence-electron chi connectivity index (χ2n) is 8.94. The molecule has 0 fully saturated rings. The molecule has 0 amide bonds. The van der Waals surface area contributed by atoms with E-state index in [-0.39, 0.29) is 0 Å². The van der Waals surface area contributed by atoms with Crippen molar-refractivity contribution >= 4 is 0 Å². The van der Waals surface area contributed by atoms with Gasteiger partial charge in [0.2, 0.25) is 0 Å². The van der Waals surface area contributed by atoms with Crippen LogP contribution in [0.2, 0.25) is 0 Å². The molecule has 0 aromatic carbocycles. The Hall–Kier alpha value is -1.48. The van der Waals surface area contributed by atoms with Gasteiger partial charge in [0.25, 0.3) is 0 Å². The molecule has 0 bridgehead atoms. The molecule has 2 nitrogen and oxygen atoms in total. The molecule has 0 aliphatic heterocycles. The Balaban J connectivity index is 3.29. The van der Waals surface area contributed by atoms with E-state index in [0.717, 1.165) is 18.8 Å². The van der Waals surface area contributed by atoms with Crippen LogP contribution < -0.4 is 0 Å². The summed E-state index contributed by atoms with van der Waals surface area (Å²) in [6.45, 7) is 2.42. The van der Waals surface area contributed by atoms with Crippen LogP contribution in [0.5, 0.6) is 0 Å². The Bertz CT molecular complexity index is 520. The maximum atomic E-state index is 9.22. The lowest BCUT2D eigenvalue weighted by atomic mass is 9.96. The third-order valence-electron chi connectivity index (χ3n) is 5.86. The highest BCUT2D eigenvalue weighted by molar-refractivity contribution is 5.06. The molecule has 0 aliphatic rings. The SMILES string of the molecule is C#C[C@@H](O)/C=C/CCCCCCCCC(C)CCCCCCCCC/C=C/[C@@H](O)C#C. The third-order valence-corrected chi connectivity index (χ3v) is 5.86. The maximum absolute atomic E-state index is 9.22. The molecule has 176 valence electrons. The molecule has 0 spiro atoms. The Morgan fingerprint density at radius 1 is 0.581 bits per heavy atom. The highest BCUT2D eigenvalue weighted by Gasteiger charge is 2.02. The van der Waals surface area contributed by atoms with Crippen LogP contribution >= 0.6 is 0 Å². The Labute approximate surface area is 193 Å². The summed E-state index contributed by atoms with van der Waals surface area (Å²) >= 11 is 0. The van der Waals surface area contributed by atoms with Crippen molar-refractivity contribution in [3.05, 3.63) is 24.3 Å². The molecule has 0 heterocycles. The molecule has 0 saturated carbocycles. The summed E-state index contributed by atoms with van der Waals surface area (Å²) < 4.78 is 0. The Morgan fingerprint density at radius 3 is 1.26 bits per heavy atom. The van der Waals surface area contributed by atoms with Crippen LogP contribution in [0, 0.1) is 30.6 Å². The molecule has 0 rings (SSSR count). The van der Waals surface area contributed by atoms with Gasteiger partial charge in [-0.25, -0.2) is 0 Å². The summed E-state index contributed by atoms with van der Waals surface area (Å²) in [7, 11) is 0. The number of unbranched alkanes of at least 4 members (excludes halogenated alkanes) is 13. The molecular formula is C29H48O2. The highest BCUT2D eigenvalue weighted by Crippen LogP contribution is 2.19. The predicted molar refractivity (Wildman–Crippen MR) is 136 cm³/mol. The largest absolute Gasteiger partial charge is 0.377 e. The molecule has 31 heavy (non-hydrogen) atoms. The van der Waals surface area contributed by atoms with Gasteiger partial charge in [-0.2, -0.15) is 0 Å². The number of rotatable bonds is 21. The lowest BCUT2D eigenvalue weighted by Gasteiger charge is -2.11. The number of terminal acetylenes is 2. The smallest absolute Gasteiger partial charge is 0.133 e. The first kappa shape index (κ1) is 29.5. The van der Waals surface area contributed by atoms with Crippen LogP contribution in [0.25, 0.3) is 0 Å². The van der Waals surface area contributed by atoms with Crippen LogP contribution in [-0.4, -0.2) is 22.4 Å². The van der Waals surface area contributed by atoms with E-state index < -0.39 is 12.2 Å². The van der Waals surface area contributed by atoms with E-state index in [0.29, 0.717) is 0 Å². The minimum atomic E-state index is -0.720. The molecule has 0 radical (unpaired) electrons. The molecule has 0 aliphatic carbocycles. The van der Waals surface area contributed by atoms with Crippen LogP contribution in [0.4, 0.5) is 0 Å². The minimum Gasteiger partial charge on any atom is -0.377 e. The molecule has 0 saturated heterocycles. The van der Waals surface area contributed by atoms with Gasteiger partial charge in [-0.1, -0.05) is 114 Å². The molecular weight excluding hydrogens is 380 g/mol. The fourth-order valence-electron chi connectivity index (χ4n) is 3.81. The van der Waals surface area contributed by atoms with Crippen molar-refractivity contribution in [1.29, 1.82) is 0 Å². The normalized spacial score (nSPS) is 14.5. The Morgan fingerprint density at radius 2 is 0.903 bits per heavy atom. The zero-order valence-corrected chi connectivity index (χ0v) is 20.1. The number of allylic oxidation sites excluding steroid dienone is 2. The topological polar surface area (TPSA) is 40.5 Å². The van der Waals surface area contributed by atoms with Gasteiger partial charge in [-0.3, -0.25) is 0 Å². The summed E-state index contributed by atoms with van der Waals surface area (Å²) in [4.78, 5) is 0. The van der Waals surface area contributed by atoms with E-state index >= 15 is 0 Å². The highest BCUT2D eigenvalue weighted by atomic mass is 16.3. The first-order valence-corrected chi connectivity index (χ1v) is 12.7. The average molecular weight is 429 g/mol. The molecule has 1 unspecified atom stereocenters. The van der Waals surface area contributed by atoms with Crippen molar-refractivity contribution in [2.45, 2.75) is 128 Å². The van der Waals surface area contributed by atoms with Gasteiger partial charge in [0.05, 0.1) is 0 Å². The molecule has 2 N–H and O–H groups in total. The predicted octanol–water partition coefficient (Wildman–Crippen LogP) is 7.35. The van der Waals surface area contributed by atoms with Crippen LogP contribution in [0.1, 0.15) is 116 Å². The average Bonchev–Trinajstić information content (AvgIpc) is 2.78. The quantitative estimate of drug-likeness (QED) is 0.114. The zero-order valence-electron chi connectivity index (χ0n) is 20.1. The molecule has 2 heteroatoms. The summed E-state index contributed by atoms with van der Waals surface area (Å²) in [6.07, 6.45) is 38.2. The zero-order chi connectivity index (χ0) is 23.0. The first-order valence-electron chi connectivity index (χ1n) is 12.7. The van der Waals surface area contributed by atoms with Gasteiger partial charge >= 0.3 is 0 Å². The van der Waals surface area contributed by atoms with E-state index in [9.17, 15) is 10.2 Å². The Kier molecular flexibility index (Phi) is 22.1. The standard InChI is InChI=1S/C29H48O2/c1-4-28(30)25-21-17-13-8-6-7-11-15-19-23-27(3)24-20-16-12-9-10-14-18-22-26-29(31)5-2/h1-2,21-22,25-31H,6-20,23-24H2,3H3/b25-21+,26-22+/t27?,28-,29+/m0/s1. The van der Waals surface area contributed by atoms with E-state index in [4.69, 9.17) is 12.8 Å². The van der Waals surface area contributed by atoms with Crippen LogP contribution in [-0.2, 0) is 0 Å². The number of hydrogen-bond donors (Lipinski definition) is 2. The van der Waals surface area contributed by atoms with Crippen LogP contribution in [0.15, 0.2) is 24.3 Å². The van der Waals surface area contributed by atoms with Gasteiger partial charge in [0, 0.05) is 0 Å². The molecule has 0 aromatic heterocycles. The fraction of sp³-hybridized carbons (Fsp3) is 0.724. The monoisotopic (exact) mass is 428 g/mol. The van der Waals surface area contributed by atoms with Gasteiger partial charge < -0.3 is 10.2 Å². The van der Waals surface area contributed by atoms with Crippen LogP contribution in [0.3, 0.4) is 0 Å². The second-order valence-corrected chi connectivity index (χ2v) is 8.94. The first-order chi connectivity index (χ1) is 15.1. The number of hydrogen-bond acceptors (Lipinski definition) is 2. The lowest BCUT2D eigenvalue weighted by molar-refractivity contribution is 0.280. The lowest BCUT2D eigenvalue weighted by Crippen LogP contribution is -1.95. The summed E-state index contributed by atoms with van der Waals surface area (Å²) in [6, 6.07) is 0. The number of aliphatic hydroxyl groups excluding tert-OH is 2. The fourth-order valence-corrected chi connectivity index (χ4v) is 3.81. The van der Waals surface area contributed by atoms with Crippen molar-refractivity contribution in [2.75, 3.05) is 0 Å². The van der Waals surface area contributed by atoms with Crippen molar-refractivity contribution in [2.24, 2.45) is 5.92 Å². The third kappa shape index (κ3) is 23.0. The number of aliphatic hydroxyl groups is 2. The van der Waals surface area contributed by atoms with E-state index in [1.54, 1.807) is 12.2 Å². The van der Waals surface area contributed by atoms with Crippen molar-refractivity contribution in [3.8, 4) is 24.7 Å². The van der Waals surface area contributed by atoms with Crippen molar-refractivity contribution in [3.63, 3.8) is 0 Å². The molecule has 0 aromatic rings. The van der Waals surface area contributed by atoms with Crippen molar-refractivity contribution < 1.29 is 10.2 Å². The van der Waals surface area contributed by atoms with Gasteiger partial charge in [-0.05, 0) is 43.8 Å². The van der Waals surface area contributed by atoms with E-state index in [1.165, 1.54) is 96.3 Å². The summed E-state index contributed by atoms with van der Waals surface area (Å²) in [5.74, 6) is 5.46. The van der Waals surface area contributed by atoms with E-state index in [2.05, 4.69) is 18.8 Å². The summed E-state index contributed by atoms with van der Waals surface area (Å²) in [5, 5.41) is 18.4. The minimum absolute atomic E-state index is 0.720. The second kappa shape index (κ2) is 23.2. The van der Waals surface area contributed by atoms with E-state index in [1.807, 2.05) is 12.2 Å². The van der Waals surface area contributed by atoms with Gasteiger partial charge in [0.1, 0.15) is 12.2 Å². The van der Waals surface area contributed by atoms with Gasteiger partial charge in [-0.15, -0.1) is 12.8 Å². The molecule has 3 atom stereocenters. The van der Waals surface area contributed by atoms with Crippen molar-refractivity contribution in [1.82, 2.24) is 0 Å².